The third-order valence-electron chi connectivity index (χ3n) is 3.44. The van der Waals surface area contributed by atoms with Crippen LogP contribution in [0.2, 0.25) is 0 Å². The third kappa shape index (κ3) is 3.45. The molecule has 2 rings (SSSR count). The molecule has 0 spiro atoms. The minimum Gasteiger partial charge on any atom is -0.207 e. The number of sulfonamides is 1. The molecule has 0 aromatic heterocycles. The van der Waals surface area contributed by atoms with Crippen molar-refractivity contribution in [3.05, 3.63) is 41.5 Å². The Morgan fingerprint density at radius 1 is 1.05 bits per heavy atom. The first-order chi connectivity index (χ1) is 9.00. The quantitative estimate of drug-likeness (QED) is 0.780. The van der Waals surface area contributed by atoms with Gasteiger partial charge in [-0.1, -0.05) is 29.3 Å². The van der Waals surface area contributed by atoms with Gasteiger partial charge in [0.25, 0.3) is 0 Å². The standard InChI is InChI=1S/C15H21NO2S/c1-13-7-9-15(10-8-13)19(17,18)16-11-5-3-4-6-14(2)12-16/h6-10H,3-5,11-12H2,1-2H3/b14-6-. The van der Waals surface area contributed by atoms with E-state index < -0.39 is 10.0 Å². The zero-order valence-electron chi connectivity index (χ0n) is 11.6. The molecular weight excluding hydrogens is 258 g/mol. The fraction of sp³-hybridized carbons (Fsp3) is 0.467. The second-order valence-corrected chi connectivity index (χ2v) is 7.14. The van der Waals surface area contributed by atoms with Crippen molar-refractivity contribution in [3.8, 4) is 0 Å². The summed E-state index contributed by atoms with van der Waals surface area (Å²) < 4.78 is 26.8. The summed E-state index contributed by atoms with van der Waals surface area (Å²) in [6.07, 6.45) is 5.19. The van der Waals surface area contributed by atoms with Gasteiger partial charge in [0.15, 0.2) is 0 Å². The van der Waals surface area contributed by atoms with E-state index in [4.69, 9.17) is 0 Å². The summed E-state index contributed by atoms with van der Waals surface area (Å²) in [6, 6.07) is 7.09. The first-order valence-electron chi connectivity index (χ1n) is 6.72. The molecule has 0 bridgehead atoms. The van der Waals surface area contributed by atoms with Crippen LogP contribution in [0.4, 0.5) is 0 Å². The van der Waals surface area contributed by atoms with E-state index in [-0.39, 0.29) is 0 Å². The van der Waals surface area contributed by atoms with Crippen molar-refractivity contribution >= 4 is 10.0 Å². The van der Waals surface area contributed by atoms with E-state index >= 15 is 0 Å². The van der Waals surface area contributed by atoms with Gasteiger partial charge in [0.1, 0.15) is 0 Å². The molecule has 1 heterocycles. The van der Waals surface area contributed by atoms with E-state index in [1.54, 1.807) is 16.4 Å². The normalized spacial score (nSPS) is 21.3. The molecule has 1 aliphatic heterocycles. The largest absolute Gasteiger partial charge is 0.243 e. The first-order valence-corrected chi connectivity index (χ1v) is 8.16. The van der Waals surface area contributed by atoms with Crippen molar-refractivity contribution in [3.63, 3.8) is 0 Å². The molecular formula is C15H21NO2S. The van der Waals surface area contributed by atoms with Crippen molar-refractivity contribution < 1.29 is 8.42 Å². The highest BCUT2D eigenvalue weighted by Gasteiger charge is 2.24. The van der Waals surface area contributed by atoms with Crippen LogP contribution in [0.3, 0.4) is 0 Å². The van der Waals surface area contributed by atoms with Crippen LogP contribution in [-0.4, -0.2) is 25.8 Å². The Morgan fingerprint density at radius 3 is 2.42 bits per heavy atom. The lowest BCUT2D eigenvalue weighted by Crippen LogP contribution is -2.34. The molecule has 0 saturated carbocycles. The van der Waals surface area contributed by atoms with Crippen LogP contribution in [0.1, 0.15) is 31.7 Å². The number of hydrogen-bond donors (Lipinski definition) is 0. The number of nitrogens with zero attached hydrogens (tertiary/aromatic N) is 1. The van der Waals surface area contributed by atoms with Gasteiger partial charge in [-0.3, -0.25) is 0 Å². The smallest absolute Gasteiger partial charge is 0.207 e. The molecule has 0 radical (unpaired) electrons. The summed E-state index contributed by atoms with van der Waals surface area (Å²) in [5.74, 6) is 0. The summed E-state index contributed by atoms with van der Waals surface area (Å²) >= 11 is 0. The van der Waals surface area contributed by atoms with Crippen molar-refractivity contribution in [2.75, 3.05) is 13.1 Å². The van der Waals surface area contributed by atoms with Crippen molar-refractivity contribution in [2.45, 2.75) is 38.0 Å². The minimum atomic E-state index is -3.36. The highest BCUT2D eigenvalue weighted by atomic mass is 32.2. The number of benzene rings is 1. The lowest BCUT2D eigenvalue weighted by atomic mass is 10.1. The number of aryl methyl sites for hydroxylation is 1. The summed E-state index contributed by atoms with van der Waals surface area (Å²) in [7, 11) is -3.36. The molecule has 19 heavy (non-hydrogen) atoms. The van der Waals surface area contributed by atoms with Crippen LogP contribution in [0.25, 0.3) is 0 Å². The summed E-state index contributed by atoms with van der Waals surface area (Å²) in [5, 5.41) is 0. The summed E-state index contributed by atoms with van der Waals surface area (Å²) in [6.45, 7) is 5.08. The molecule has 4 heteroatoms. The van der Waals surface area contributed by atoms with Crippen LogP contribution in [-0.2, 0) is 10.0 Å². The van der Waals surface area contributed by atoms with E-state index in [1.165, 1.54) is 0 Å². The van der Waals surface area contributed by atoms with Gasteiger partial charge in [-0.25, -0.2) is 8.42 Å². The van der Waals surface area contributed by atoms with Crippen LogP contribution >= 0.6 is 0 Å². The predicted molar refractivity (Wildman–Crippen MR) is 77.5 cm³/mol. The van der Waals surface area contributed by atoms with E-state index in [2.05, 4.69) is 6.08 Å². The molecule has 0 saturated heterocycles. The Kier molecular flexibility index (Phi) is 4.42. The average molecular weight is 279 g/mol. The van der Waals surface area contributed by atoms with Gasteiger partial charge in [0.05, 0.1) is 4.90 Å². The highest BCUT2D eigenvalue weighted by molar-refractivity contribution is 7.89. The number of hydrogen-bond acceptors (Lipinski definition) is 2. The average Bonchev–Trinajstić information content (AvgIpc) is 2.34. The van der Waals surface area contributed by atoms with E-state index in [1.807, 2.05) is 26.0 Å². The maximum absolute atomic E-state index is 12.6. The lowest BCUT2D eigenvalue weighted by Gasteiger charge is -2.24. The molecule has 3 nitrogen and oxygen atoms in total. The highest BCUT2D eigenvalue weighted by Crippen LogP contribution is 2.20. The molecule has 0 aliphatic carbocycles. The van der Waals surface area contributed by atoms with Crippen LogP contribution in [0.5, 0.6) is 0 Å². The van der Waals surface area contributed by atoms with E-state index in [9.17, 15) is 8.42 Å². The topological polar surface area (TPSA) is 37.4 Å². The van der Waals surface area contributed by atoms with Crippen LogP contribution in [0, 0.1) is 6.92 Å². The van der Waals surface area contributed by atoms with Gasteiger partial charge < -0.3 is 0 Å². The van der Waals surface area contributed by atoms with Gasteiger partial charge >= 0.3 is 0 Å². The fourth-order valence-corrected chi connectivity index (χ4v) is 3.79. The fourth-order valence-electron chi connectivity index (χ4n) is 2.27. The molecule has 0 amide bonds. The van der Waals surface area contributed by atoms with Gasteiger partial charge in [-0.2, -0.15) is 4.31 Å². The van der Waals surface area contributed by atoms with Crippen LogP contribution in [0.15, 0.2) is 40.8 Å². The van der Waals surface area contributed by atoms with Gasteiger partial charge in [0, 0.05) is 13.1 Å². The number of allylic oxidation sites excluding steroid dienone is 1. The zero-order valence-corrected chi connectivity index (χ0v) is 12.4. The minimum absolute atomic E-state index is 0.395. The second kappa shape index (κ2) is 5.88. The summed E-state index contributed by atoms with van der Waals surface area (Å²) in [4.78, 5) is 0.395. The molecule has 0 fully saturated rings. The zero-order chi connectivity index (χ0) is 13.9. The Balaban J connectivity index is 2.29. The molecule has 1 aromatic rings. The molecule has 0 unspecified atom stereocenters. The van der Waals surface area contributed by atoms with Gasteiger partial charge in [0.2, 0.25) is 10.0 Å². The van der Waals surface area contributed by atoms with Crippen LogP contribution < -0.4 is 0 Å². The molecule has 0 N–H and O–H groups in total. The molecule has 1 aromatic carbocycles. The molecule has 1 aliphatic rings. The maximum Gasteiger partial charge on any atom is 0.243 e. The Bertz CT molecular complexity index is 558. The lowest BCUT2D eigenvalue weighted by molar-refractivity contribution is 0.417. The Hall–Kier alpha value is -1.13. The van der Waals surface area contributed by atoms with Gasteiger partial charge in [-0.05, 0) is 45.2 Å². The third-order valence-corrected chi connectivity index (χ3v) is 5.30. The SMILES string of the molecule is C/C1=C/CCCCN(S(=O)(=O)c2ccc(C)cc2)C1. The van der Waals surface area contributed by atoms with Crippen molar-refractivity contribution in [2.24, 2.45) is 0 Å². The van der Waals surface area contributed by atoms with E-state index in [0.29, 0.717) is 18.0 Å². The first kappa shape index (κ1) is 14.3. The van der Waals surface area contributed by atoms with E-state index in [0.717, 1.165) is 30.4 Å². The Labute approximate surface area is 116 Å². The Morgan fingerprint density at radius 2 is 1.74 bits per heavy atom. The second-order valence-electron chi connectivity index (χ2n) is 5.20. The molecule has 104 valence electrons. The summed E-state index contributed by atoms with van der Waals surface area (Å²) in [5.41, 5.74) is 2.21. The maximum atomic E-state index is 12.6. The molecule has 0 atom stereocenters. The van der Waals surface area contributed by atoms with Gasteiger partial charge in [-0.15, -0.1) is 0 Å². The van der Waals surface area contributed by atoms with Crippen molar-refractivity contribution in [1.29, 1.82) is 0 Å². The predicted octanol–water partition coefficient (Wildman–Crippen LogP) is 3.12. The number of rotatable bonds is 2. The monoisotopic (exact) mass is 279 g/mol. The van der Waals surface area contributed by atoms with Crippen molar-refractivity contribution in [1.82, 2.24) is 4.31 Å².